The number of nitrogens with two attached hydrogens (primary N) is 2. The van der Waals surface area contributed by atoms with E-state index >= 15 is 0 Å². The maximum atomic E-state index is 14.6. The van der Waals surface area contributed by atoms with E-state index in [1.807, 2.05) is 6.92 Å². The number of hydrogen-bond acceptors (Lipinski definition) is 13. The second-order valence-electron chi connectivity index (χ2n) is 18.9. The normalized spacial score (nSPS) is 20.0. The Balaban J connectivity index is 0.000000178. The van der Waals surface area contributed by atoms with Gasteiger partial charge in [0.15, 0.2) is 17.1 Å². The molecule has 2 aliphatic heterocycles. The number of halogens is 11. The summed E-state index contributed by atoms with van der Waals surface area (Å²) in [5, 5.41) is 5.86. The van der Waals surface area contributed by atoms with Crippen molar-refractivity contribution in [3.8, 4) is 0 Å². The van der Waals surface area contributed by atoms with Gasteiger partial charge in [0.1, 0.15) is 40.9 Å². The maximum absolute atomic E-state index is 14.6. The van der Waals surface area contributed by atoms with Crippen molar-refractivity contribution in [2.24, 2.45) is 11.1 Å². The number of aldehydes is 1. The molecule has 2 saturated carbocycles. The minimum atomic E-state index is -4.96. The van der Waals surface area contributed by atoms with Crippen LogP contribution in [0, 0.1) is 24.0 Å². The summed E-state index contributed by atoms with van der Waals surface area (Å²) >= 11 is 0. The van der Waals surface area contributed by atoms with Crippen LogP contribution in [0.25, 0.3) is 22.3 Å². The summed E-state index contributed by atoms with van der Waals surface area (Å²) in [5.74, 6) is -3.08. The van der Waals surface area contributed by atoms with Crippen LogP contribution in [0.15, 0.2) is 49.6 Å². The molecule has 4 aliphatic rings. The average molecular weight is 1050 g/mol. The molecule has 10 rings (SSSR count). The van der Waals surface area contributed by atoms with Crippen molar-refractivity contribution < 1.29 is 62.7 Å². The summed E-state index contributed by atoms with van der Waals surface area (Å²) in [5.41, 5.74) is 9.19. The van der Waals surface area contributed by atoms with Gasteiger partial charge in [0.25, 0.3) is 0 Å². The second-order valence-corrected chi connectivity index (χ2v) is 18.9. The van der Waals surface area contributed by atoms with E-state index in [0.717, 1.165) is 37.8 Å². The number of benzene rings is 2. The topological polar surface area (TPSA) is 221 Å². The van der Waals surface area contributed by atoms with Crippen LogP contribution < -0.4 is 31.9 Å². The Kier molecular flexibility index (Phi) is 14.2. The first-order valence-corrected chi connectivity index (χ1v) is 22.9. The van der Waals surface area contributed by atoms with Gasteiger partial charge in [-0.05, 0) is 76.6 Å². The predicted octanol–water partition coefficient (Wildman–Crippen LogP) is 6.38. The molecule has 2 amide bonds. The summed E-state index contributed by atoms with van der Waals surface area (Å²) in [7, 11) is 0. The number of fused-ring (bicyclic) bond motifs is 2. The second kappa shape index (κ2) is 19.9. The fourth-order valence-corrected chi connectivity index (χ4v) is 8.93. The summed E-state index contributed by atoms with van der Waals surface area (Å²) in [6, 6.07) is 4.58. The molecule has 17 nitrogen and oxygen atoms in total. The molecule has 28 heteroatoms. The highest BCUT2D eigenvalue weighted by molar-refractivity contribution is 5.88. The van der Waals surface area contributed by atoms with Crippen LogP contribution in [-0.2, 0) is 39.8 Å². The van der Waals surface area contributed by atoms with Gasteiger partial charge in [-0.3, -0.25) is 14.4 Å². The van der Waals surface area contributed by atoms with Gasteiger partial charge in [-0.15, -0.1) is 0 Å². The smallest absolute Gasteiger partial charge is 0.382 e. The molecule has 396 valence electrons. The number of carbonyl (C=O) groups excluding carboxylic acids is 3. The molecule has 2 aliphatic carbocycles. The third kappa shape index (κ3) is 11.4. The van der Waals surface area contributed by atoms with Crippen molar-refractivity contribution >= 4 is 57.6 Å². The van der Waals surface area contributed by atoms with E-state index in [1.165, 1.54) is 46.6 Å². The molecule has 0 unspecified atom stereocenters. The first-order valence-electron chi connectivity index (χ1n) is 22.9. The standard InChI is InChI=1S/C23H24F4N6O.C21H22F4N8O.C2HF3O/c1-13-19-20(29-11-28-13)33(12-30-19)9-15-17(6-5-16(24)18(15)23(25,26)27)32-8-7-22(2,10-32)21(34)31-14-3-4-14;22-13-3-4-14(32-6-5-20(27,8-32)19(34)31-11-1-2-11)12(15(13)21(23,24)25)7-33-10-30-16-17(26)28-9-29-18(16)33;3-2(4,5)1-6/h5-6,11-12,14H,3-4,7-10H2,1-2H3,(H,31,34);3-4,9-11H,1-2,5-8,27H2,(H,31,34)(H2,26,28,29);1H/t22-;20-;/m01./s1. The minimum Gasteiger partial charge on any atom is -0.382 e. The van der Waals surface area contributed by atoms with Crippen LogP contribution in [0.3, 0.4) is 0 Å². The van der Waals surface area contributed by atoms with E-state index in [-0.39, 0.29) is 103 Å². The molecule has 2 saturated heterocycles. The fourth-order valence-electron chi connectivity index (χ4n) is 8.93. The molecule has 2 aromatic carbocycles. The maximum Gasteiger partial charge on any atom is 0.446 e. The highest BCUT2D eigenvalue weighted by atomic mass is 19.4. The first-order chi connectivity index (χ1) is 34.7. The van der Waals surface area contributed by atoms with Crippen LogP contribution in [0.1, 0.15) is 73.4 Å². The van der Waals surface area contributed by atoms with Gasteiger partial charge >= 0.3 is 18.5 Å². The van der Waals surface area contributed by atoms with E-state index in [1.54, 1.807) is 16.7 Å². The number of imidazole rings is 2. The molecule has 6 aromatic rings. The zero-order chi connectivity index (χ0) is 53.7. The van der Waals surface area contributed by atoms with Crippen molar-refractivity contribution in [3.63, 3.8) is 0 Å². The number of hydrogen-bond donors (Lipinski definition) is 4. The van der Waals surface area contributed by atoms with Crippen LogP contribution in [0.5, 0.6) is 0 Å². The number of aryl methyl sites for hydroxylation is 1. The lowest BCUT2D eigenvalue weighted by Crippen LogP contribution is -2.56. The zero-order valence-electron chi connectivity index (χ0n) is 39.3. The van der Waals surface area contributed by atoms with E-state index in [9.17, 15) is 57.9 Å². The number of nitrogen functional groups attached to an aromatic ring is 1. The van der Waals surface area contributed by atoms with Crippen LogP contribution in [0.2, 0.25) is 0 Å². The lowest BCUT2D eigenvalue weighted by atomic mass is 9.88. The van der Waals surface area contributed by atoms with Crippen molar-refractivity contribution in [2.45, 2.75) is 102 Å². The summed E-state index contributed by atoms with van der Waals surface area (Å²) < 4.78 is 147. The first kappa shape index (κ1) is 53.0. The number of anilines is 3. The van der Waals surface area contributed by atoms with E-state index < -0.39 is 58.5 Å². The lowest BCUT2D eigenvalue weighted by molar-refractivity contribution is -0.156. The summed E-state index contributed by atoms with van der Waals surface area (Å²) in [6.07, 6.45) is -5.99. The molecule has 4 aromatic heterocycles. The van der Waals surface area contributed by atoms with Gasteiger partial charge in [-0.1, -0.05) is 0 Å². The number of nitrogens with zero attached hydrogens (tertiary/aromatic N) is 10. The average Bonchev–Trinajstić information content (AvgIpc) is 4.13. The van der Waals surface area contributed by atoms with Gasteiger partial charge in [-0.25, -0.2) is 38.7 Å². The molecule has 4 fully saturated rings. The highest BCUT2D eigenvalue weighted by Gasteiger charge is 2.47. The molecule has 0 spiro atoms. The third-order valence-electron chi connectivity index (χ3n) is 13.1. The lowest BCUT2D eigenvalue weighted by Gasteiger charge is -2.28. The Morgan fingerprint density at radius 2 is 1.15 bits per heavy atom. The number of aromatic nitrogens is 8. The van der Waals surface area contributed by atoms with Crippen LogP contribution >= 0.6 is 0 Å². The van der Waals surface area contributed by atoms with Gasteiger partial charge < -0.3 is 41.0 Å². The molecule has 6 heterocycles. The number of amides is 2. The summed E-state index contributed by atoms with van der Waals surface area (Å²) in [6.45, 7) is 3.76. The van der Waals surface area contributed by atoms with Crippen LogP contribution in [0.4, 0.5) is 65.5 Å². The van der Waals surface area contributed by atoms with Crippen molar-refractivity contribution in [3.05, 3.63) is 89.2 Å². The number of carbonyl (C=O) groups is 3. The number of alkyl halides is 9. The molecule has 74 heavy (non-hydrogen) atoms. The monoisotopic (exact) mass is 1050 g/mol. The number of nitrogens with one attached hydrogen (secondary N) is 2. The molecule has 2 atom stereocenters. The Labute approximate surface area is 412 Å². The van der Waals surface area contributed by atoms with Crippen LogP contribution in [-0.4, -0.2) is 107 Å². The summed E-state index contributed by atoms with van der Waals surface area (Å²) in [4.78, 5) is 61.9. The van der Waals surface area contributed by atoms with E-state index in [4.69, 9.17) is 16.3 Å². The minimum absolute atomic E-state index is 0.00127. The Hall–Kier alpha value is -7.26. The Morgan fingerprint density at radius 1 is 0.689 bits per heavy atom. The van der Waals surface area contributed by atoms with Gasteiger partial charge in [-0.2, -0.15) is 39.5 Å². The van der Waals surface area contributed by atoms with Crippen molar-refractivity contribution in [1.82, 2.24) is 49.7 Å². The highest BCUT2D eigenvalue weighted by Crippen LogP contribution is 2.44. The van der Waals surface area contributed by atoms with Gasteiger partial charge in [0, 0.05) is 60.8 Å². The Bertz CT molecular complexity index is 2900. The van der Waals surface area contributed by atoms with E-state index in [0.29, 0.717) is 29.8 Å². The van der Waals surface area contributed by atoms with Gasteiger partial charge in [0.05, 0.1) is 48.0 Å². The molecular weight excluding hydrogens is 1010 g/mol. The fraction of sp³-hybridized carbons (Fsp3) is 0.457. The molecule has 0 bridgehead atoms. The Morgan fingerprint density at radius 3 is 1.65 bits per heavy atom. The van der Waals surface area contributed by atoms with Crippen molar-refractivity contribution in [1.29, 1.82) is 0 Å². The van der Waals surface area contributed by atoms with Gasteiger partial charge in [0.2, 0.25) is 18.1 Å². The quantitative estimate of drug-likeness (QED) is 0.0865. The zero-order valence-corrected chi connectivity index (χ0v) is 39.3. The number of rotatable bonds is 10. The largest absolute Gasteiger partial charge is 0.446 e. The third-order valence-corrected chi connectivity index (χ3v) is 13.1. The SMILES string of the molecule is Cc1ncnc2c1ncn2Cc1c(N2CC[C@](C)(C(=O)NC3CC3)C2)ccc(F)c1C(F)(F)F.Nc1ncnc2c1ncn2Cc1c(N2CC[C@](N)(C(=O)NC3CC3)C2)ccc(F)c1C(F)(F)F.O=CC(F)(F)F. The predicted molar refractivity (Wildman–Crippen MR) is 244 cm³/mol. The molecule has 0 radical (unpaired) electrons. The molecule has 6 N–H and O–H groups in total. The van der Waals surface area contributed by atoms with E-state index in [2.05, 4.69) is 40.5 Å². The molecular formula is C46H47F11N14O3. The van der Waals surface area contributed by atoms with Crippen molar-refractivity contribution in [2.75, 3.05) is 41.7 Å².